The van der Waals surface area contributed by atoms with E-state index in [1.54, 1.807) is 0 Å². The smallest absolute Gasteiger partial charge is 0.338 e. The third-order valence-corrected chi connectivity index (χ3v) is 7.18. The topological polar surface area (TPSA) is 54.0 Å². The summed E-state index contributed by atoms with van der Waals surface area (Å²) in [6.45, 7) is 9.00. The van der Waals surface area contributed by atoms with Gasteiger partial charge in [0.25, 0.3) is 0 Å². The molecular weight excluding hydrogens is 351 g/mol. The maximum atomic E-state index is 13.7. The third kappa shape index (κ3) is 6.17. The van der Waals surface area contributed by atoms with Crippen molar-refractivity contribution in [1.82, 2.24) is 0 Å². The molecule has 1 heterocycles. The lowest BCUT2D eigenvalue weighted by molar-refractivity contribution is -0.183. The molecule has 1 aromatic carbocycles. The molecule has 0 spiro atoms. The number of ether oxygens (including phenoxy) is 2. The van der Waals surface area contributed by atoms with Gasteiger partial charge >= 0.3 is 7.60 Å². The lowest BCUT2D eigenvalue weighted by atomic mass is 10.1. The van der Waals surface area contributed by atoms with Gasteiger partial charge in [-0.15, -0.1) is 0 Å². The second-order valence-electron chi connectivity index (χ2n) is 7.25. The lowest BCUT2D eigenvalue weighted by Crippen LogP contribution is -2.34. The molecule has 6 heteroatoms. The Kier molecular flexibility index (Phi) is 8.31. The predicted octanol–water partition coefficient (Wildman–Crippen LogP) is 5.71. The van der Waals surface area contributed by atoms with Crippen molar-refractivity contribution in [1.29, 1.82) is 0 Å². The summed E-state index contributed by atoms with van der Waals surface area (Å²) in [5.41, 5.74) is -0.0683. The van der Waals surface area contributed by atoms with Gasteiger partial charge in [0.2, 0.25) is 0 Å². The maximum Gasteiger partial charge on any atom is 0.338 e. The first-order valence-corrected chi connectivity index (χ1v) is 11.2. The fourth-order valence-electron chi connectivity index (χ4n) is 3.18. The van der Waals surface area contributed by atoms with Crippen molar-refractivity contribution in [3.63, 3.8) is 0 Å². The zero-order valence-corrected chi connectivity index (χ0v) is 17.4. The molecule has 0 bridgehead atoms. The Hall–Kier alpha value is -0.710. The molecule has 0 aliphatic carbocycles. The van der Waals surface area contributed by atoms with Crippen molar-refractivity contribution < 1.29 is 23.1 Å². The maximum absolute atomic E-state index is 13.7. The van der Waals surface area contributed by atoms with Crippen LogP contribution < -0.4 is 0 Å². The molecule has 0 aromatic heterocycles. The van der Waals surface area contributed by atoms with Gasteiger partial charge in [0.1, 0.15) is 0 Å². The number of benzene rings is 1. The van der Waals surface area contributed by atoms with Gasteiger partial charge in [-0.2, -0.15) is 0 Å². The summed E-state index contributed by atoms with van der Waals surface area (Å²) < 4.78 is 37.0. The summed E-state index contributed by atoms with van der Waals surface area (Å²) >= 11 is 0. The van der Waals surface area contributed by atoms with Crippen molar-refractivity contribution in [2.75, 3.05) is 19.8 Å². The van der Waals surface area contributed by atoms with Crippen LogP contribution in [0.3, 0.4) is 0 Å². The molecule has 1 aromatic rings. The highest BCUT2D eigenvalue weighted by atomic mass is 31.2. The molecule has 1 aliphatic heterocycles. The lowest BCUT2D eigenvalue weighted by Gasteiger charge is -2.35. The molecule has 26 heavy (non-hydrogen) atoms. The van der Waals surface area contributed by atoms with Crippen LogP contribution in [0.15, 0.2) is 30.3 Å². The summed E-state index contributed by atoms with van der Waals surface area (Å²) in [4.78, 5) is 0. The highest BCUT2D eigenvalue weighted by molar-refractivity contribution is 7.54. The Labute approximate surface area is 157 Å². The van der Waals surface area contributed by atoms with Crippen molar-refractivity contribution >= 4 is 7.60 Å². The minimum absolute atomic E-state index is 0.200. The summed E-state index contributed by atoms with van der Waals surface area (Å²) in [6.07, 6.45) is 3.54. The Bertz CT molecular complexity index is 569. The SMILES string of the molecule is CCOP(=O)(OC(C)(C)COC1CCCCO1)C(CC)c1ccccc1. The molecule has 2 rings (SSSR count). The summed E-state index contributed by atoms with van der Waals surface area (Å²) in [5, 5.41) is 0. The molecule has 0 saturated carbocycles. The molecule has 3 unspecified atom stereocenters. The normalized spacial score (nSPS) is 21.9. The predicted molar refractivity (Wildman–Crippen MR) is 103 cm³/mol. The Morgan fingerprint density at radius 3 is 2.54 bits per heavy atom. The Balaban J connectivity index is 2.09. The van der Waals surface area contributed by atoms with E-state index >= 15 is 0 Å². The Morgan fingerprint density at radius 2 is 1.96 bits per heavy atom. The van der Waals surface area contributed by atoms with Crippen molar-refractivity contribution in [3.8, 4) is 0 Å². The number of hydrogen-bond donors (Lipinski definition) is 0. The van der Waals surface area contributed by atoms with E-state index in [0.29, 0.717) is 19.6 Å². The summed E-state index contributed by atoms with van der Waals surface area (Å²) in [6, 6.07) is 9.79. The van der Waals surface area contributed by atoms with E-state index in [2.05, 4.69) is 0 Å². The van der Waals surface area contributed by atoms with Gasteiger partial charge in [-0.25, -0.2) is 0 Å². The van der Waals surface area contributed by atoms with Crippen LogP contribution in [-0.2, 0) is 23.1 Å². The number of rotatable bonds is 10. The van der Waals surface area contributed by atoms with E-state index in [9.17, 15) is 4.57 Å². The van der Waals surface area contributed by atoms with Gasteiger partial charge in [0.15, 0.2) is 6.29 Å². The first-order valence-electron chi connectivity index (χ1n) is 9.63. The second kappa shape index (κ2) is 10.0. The van der Waals surface area contributed by atoms with Crippen molar-refractivity contribution in [2.45, 2.75) is 70.9 Å². The highest BCUT2D eigenvalue weighted by Crippen LogP contribution is 2.64. The molecule has 5 nitrogen and oxygen atoms in total. The van der Waals surface area contributed by atoms with E-state index in [4.69, 9.17) is 18.5 Å². The first-order chi connectivity index (χ1) is 12.4. The number of hydrogen-bond acceptors (Lipinski definition) is 5. The van der Waals surface area contributed by atoms with Crippen LogP contribution in [0.2, 0.25) is 0 Å². The van der Waals surface area contributed by atoms with E-state index in [1.165, 1.54) is 0 Å². The molecule has 1 fully saturated rings. The highest BCUT2D eigenvalue weighted by Gasteiger charge is 2.41. The average Bonchev–Trinajstić information content (AvgIpc) is 2.62. The van der Waals surface area contributed by atoms with Gasteiger partial charge in [0.05, 0.1) is 24.5 Å². The average molecular weight is 384 g/mol. The van der Waals surface area contributed by atoms with Crippen LogP contribution in [0, 0.1) is 0 Å². The molecule has 1 aliphatic rings. The largest absolute Gasteiger partial charge is 0.353 e. The summed E-state index contributed by atoms with van der Waals surface area (Å²) in [7, 11) is -3.36. The van der Waals surface area contributed by atoms with Crippen LogP contribution in [0.25, 0.3) is 0 Å². The molecular formula is C20H33O5P. The van der Waals surface area contributed by atoms with Gasteiger partial charge in [0, 0.05) is 6.61 Å². The van der Waals surface area contributed by atoms with Crippen LogP contribution in [0.1, 0.15) is 64.6 Å². The van der Waals surface area contributed by atoms with E-state index in [1.807, 2.05) is 58.0 Å². The fourth-order valence-corrected chi connectivity index (χ4v) is 5.63. The zero-order chi connectivity index (χ0) is 19.0. The molecule has 1 saturated heterocycles. The standard InChI is InChI=1S/C20H33O5P/c1-5-18(17-12-8-7-9-13-17)26(21,24-6-2)25-20(3,4)16-23-19-14-10-11-15-22-19/h7-9,12-13,18-19H,5-6,10-11,14-16H2,1-4H3. The molecule has 3 atom stereocenters. The molecule has 0 N–H and O–H groups in total. The zero-order valence-electron chi connectivity index (χ0n) is 16.5. The molecule has 0 amide bonds. The quantitative estimate of drug-likeness (QED) is 0.484. The third-order valence-electron chi connectivity index (χ3n) is 4.39. The van der Waals surface area contributed by atoms with Crippen LogP contribution in [0.5, 0.6) is 0 Å². The first kappa shape index (κ1) is 21.6. The van der Waals surface area contributed by atoms with E-state index < -0.39 is 13.2 Å². The monoisotopic (exact) mass is 384 g/mol. The van der Waals surface area contributed by atoms with Crippen molar-refractivity contribution in [2.24, 2.45) is 0 Å². The van der Waals surface area contributed by atoms with Gasteiger partial charge in [-0.05, 0) is 52.0 Å². The summed E-state index contributed by atoms with van der Waals surface area (Å²) in [5.74, 6) is 0. The fraction of sp³-hybridized carbons (Fsp3) is 0.700. The second-order valence-corrected chi connectivity index (χ2v) is 9.39. The van der Waals surface area contributed by atoms with Gasteiger partial charge in [-0.1, -0.05) is 37.3 Å². The van der Waals surface area contributed by atoms with E-state index in [0.717, 1.165) is 31.4 Å². The van der Waals surface area contributed by atoms with E-state index in [-0.39, 0.29) is 11.9 Å². The minimum atomic E-state index is -3.36. The minimum Gasteiger partial charge on any atom is -0.353 e. The molecule has 148 valence electrons. The van der Waals surface area contributed by atoms with Crippen molar-refractivity contribution in [3.05, 3.63) is 35.9 Å². The Morgan fingerprint density at radius 1 is 1.23 bits per heavy atom. The van der Waals surface area contributed by atoms with Gasteiger partial charge < -0.3 is 14.0 Å². The van der Waals surface area contributed by atoms with Crippen LogP contribution >= 0.6 is 7.60 Å². The van der Waals surface area contributed by atoms with Crippen LogP contribution in [-0.4, -0.2) is 31.7 Å². The molecule has 0 radical (unpaired) electrons. The van der Waals surface area contributed by atoms with Gasteiger partial charge in [-0.3, -0.25) is 9.09 Å². The van der Waals surface area contributed by atoms with Crippen LogP contribution in [0.4, 0.5) is 0 Å².